The predicted molar refractivity (Wildman–Crippen MR) is 105 cm³/mol. The summed E-state index contributed by atoms with van der Waals surface area (Å²) in [7, 11) is -1.10. The van der Waals surface area contributed by atoms with Crippen LogP contribution in [0.25, 0.3) is 22.2 Å². The van der Waals surface area contributed by atoms with E-state index in [2.05, 4.69) is 18.1 Å². The highest BCUT2D eigenvalue weighted by Gasteiger charge is 2.26. The van der Waals surface area contributed by atoms with E-state index in [9.17, 15) is 13.2 Å². The Hall–Kier alpha value is -2.67. The highest BCUT2D eigenvalue weighted by Crippen LogP contribution is 2.30. The van der Waals surface area contributed by atoms with Gasteiger partial charge in [-0.25, -0.2) is 8.42 Å². The molecule has 2 aromatic carbocycles. The normalized spacial score (nSPS) is 16.6. The summed E-state index contributed by atoms with van der Waals surface area (Å²) >= 11 is 0. The Balaban J connectivity index is 1.71. The molecule has 0 bridgehead atoms. The number of amides is 1. The average molecular weight is 383 g/mol. The van der Waals surface area contributed by atoms with Gasteiger partial charge in [-0.2, -0.15) is 5.10 Å². The van der Waals surface area contributed by atoms with E-state index >= 15 is 0 Å². The van der Waals surface area contributed by atoms with Crippen molar-refractivity contribution < 1.29 is 13.2 Å². The van der Waals surface area contributed by atoms with Gasteiger partial charge in [0, 0.05) is 36.7 Å². The van der Waals surface area contributed by atoms with Crippen LogP contribution in [0.5, 0.6) is 0 Å². The molecule has 4 rings (SSSR count). The highest BCUT2D eigenvalue weighted by molar-refractivity contribution is 7.91. The number of carbonyl (C=O) groups is 1. The van der Waals surface area contributed by atoms with Gasteiger partial charge in [-0.3, -0.25) is 9.48 Å². The number of aromatic nitrogens is 2. The van der Waals surface area contributed by atoms with Gasteiger partial charge in [0.15, 0.2) is 9.84 Å². The number of hydrogen-bond acceptors (Lipinski definition) is 4. The molecule has 0 saturated carbocycles. The molecule has 1 saturated heterocycles. The minimum absolute atomic E-state index is 0.0303. The lowest BCUT2D eigenvalue weighted by atomic mass is 10.0. The second-order valence-corrected chi connectivity index (χ2v) is 9.27. The maximum Gasteiger partial charge on any atom is 0.253 e. The van der Waals surface area contributed by atoms with E-state index in [1.54, 1.807) is 11.0 Å². The second kappa shape index (κ2) is 6.49. The molecule has 1 aromatic heterocycles. The summed E-state index contributed by atoms with van der Waals surface area (Å²) in [4.78, 5) is 14.4. The van der Waals surface area contributed by atoms with Gasteiger partial charge >= 0.3 is 0 Å². The van der Waals surface area contributed by atoms with Gasteiger partial charge in [0.2, 0.25) is 0 Å². The summed E-state index contributed by atoms with van der Waals surface area (Å²) in [5.41, 5.74) is 4.46. The Labute approximate surface area is 158 Å². The van der Waals surface area contributed by atoms with Gasteiger partial charge in [-0.15, -0.1) is 0 Å². The molecule has 0 radical (unpaired) electrons. The number of aryl methyl sites for hydroxylation is 2. The monoisotopic (exact) mass is 383 g/mol. The third-order valence-corrected chi connectivity index (χ3v) is 6.71. The zero-order valence-electron chi connectivity index (χ0n) is 15.3. The van der Waals surface area contributed by atoms with Crippen molar-refractivity contribution in [3.8, 4) is 11.3 Å². The molecule has 1 amide bonds. The van der Waals surface area contributed by atoms with Gasteiger partial charge in [-0.05, 0) is 30.7 Å². The van der Waals surface area contributed by atoms with Gasteiger partial charge in [-0.1, -0.05) is 24.3 Å². The molecule has 1 fully saturated rings. The zero-order valence-corrected chi connectivity index (χ0v) is 16.2. The molecule has 0 aliphatic carbocycles. The molecule has 6 nitrogen and oxygen atoms in total. The Morgan fingerprint density at radius 3 is 2.52 bits per heavy atom. The minimum Gasteiger partial charge on any atom is -0.337 e. The first kappa shape index (κ1) is 17.7. The largest absolute Gasteiger partial charge is 0.337 e. The Kier molecular flexibility index (Phi) is 4.26. The molecule has 140 valence electrons. The van der Waals surface area contributed by atoms with E-state index in [0.717, 1.165) is 27.7 Å². The quantitative estimate of drug-likeness (QED) is 0.681. The number of rotatable bonds is 2. The lowest BCUT2D eigenvalue weighted by Crippen LogP contribution is -2.43. The highest BCUT2D eigenvalue weighted by atomic mass is 32.2. The first-order chi connectivity index (χ1) is 12.9. The number of nitrogens with zero attached hydrogens (tertiary/aromatic N) is 3. The summed E-state index contributed by atoms with van der Waals surface area (Å²) in [6.07, 6.45) is 0. The number of carbonyl (C=O) groups excluding carboxylic acids is 1. The molecular formula is C20H21N3O3S. The smallest absolute Gasteiger partial charge is 0.253 e. The molecule has 0 unspecified atom stereocenters. The van der Waals surface area contributed by atoms with Crippen LogP contribution in [-0.4, -0.2) is 53.6 Å². The number of fused-ring (bicyclic) bond motifs is 1. The SMILES string of the molecule is Cc1cccc2c1c(-c1cccc(C(=O)N3CCS(=O)(=O)CC3)c1)nn2C. The van der Waals surface area contributed by atoms with Crippen molar-refractivity contribution in [1.82, 2.24) is 14.7 Å². The molecule has 1 aliphatic rings. The van der Waals surface area contributed by atoms with Gasteiger partial charge in [0.05, 0.1) is 17.0 Å². The third-order valence-electron chi connectivity index (χ3n) is 5.10. The first-order valence-corrected chi connectivity index (χ1v) is 10.7. The van der Waals surface area contributed by atoms with E-state index in [1.165, 1.54) is 0 Å². The van der Waals surface area contributed by atoms with Crippen LogP contribution < -0.4 is 0 Å². The van der Waals surface area contributed by atoms with E-state index in [4.69, 9.17) is 0 Å². The molecule has 2 heterocycles. The van der Waals surface area contributed by atoms with Crippen LogP contribution in [0, 0.1) is 6.92 Å². The van der Waals surface area contributed by atoms with Crippen molar-refractivity contribution in [2.45, 2.75) is 6.92 Å². The average Bonchev–Trinajstić information content (AvgIpc) is 3.00. The Morgan fingerprint density at radius 2 is 1.78 bits per heavy atom. The molecule has 0 atom stereocenters. The van der Waals surface area contributed by atoms with Crippen LogP contribution in [0.4, 0.5) is 0 Å². The van der Waals surface area contributed by atoms with Crippen molar-refractivity contribution >= 4 is 26.6 Å². The molecule has 27 heavy (non-hydrogen) atoms. The summed E-state index contributed by atoms with van der Waals surface area (Å²) in [5.74, 6) is -0.0749. The van der Waals surface area contributed by atoms with Crippen LogP contribution >= 0.6 is 0 Å². The lowest BCUT2D eigenvalue weighted by molar-refractivity contribution is 0.0770. The number of hydrogen-bond donors (Lipinski definition) is 0. The minimum atomic E-state index is -3.02. The molecule has 0 spiro atoms. The fourth-order valence-electron chi connectivity index (χ4n) is 3.58. The number of benzene rings is 2. The molecule has 0 N–H and O–H groups in total. The fraction of sp³-hybridized carbons (Fsp3) is 0.300. The van der Waals surface area contributed by atoms with Gasteiger partial charge < -0.3 is 4.90 Å². The van der Waals surface area contributed by atoms with Crippen LogP contribution in [0.2, 0.25) is 0 Å². The van der Waals surface area contributed by atoms with E-state index in [0.29, 0.717) is 5.56 Å². The van der Waals surface area contributed by atoms with E-state index in [-0.39, 0.29) is 30.5 Å². The zero-order chi connectivity index (χ0) is 19.2. The van der Waals surface area contributed by atoms with Gasteiger partial charge in [0.1, 0.15) is 5.69 Å². The molecule has 1 aliphatic heterocycles. The summed E-state index contributed by atoms with van der Waals surface area (Å²) < 4.78 is 25.1. The van der Waals surface area contributed by atoms with Crippen molar-refractivity contribution in [2.24, 2.45) is 7.05 Å². The summed E-state index contributed by atoms with van der Waals surface area (Å²) in [5, 5.41) is 5.74. The maximum atomic E-state index is 12.8. The van der Waals surface area contributed by atoms with E-state index in [1.807, 2.05) is 42.1 Å². The summed E-state index contributed by atoms with van der Waals surface area (Å²) in [6, 6.07) is 13.5. The van der Waals surface area contributed by atoms with Crippen LogP contribution in [0.1, 0.15) is 15.9 Å². The Bertz CT molecular complexity index is 1130. The molecule has 7 heteroatoms. The van der Waals surface area contributed by atoms with Crippen LogP contribution in [0.3, 0.4) is 0 Å². The van der Waals surface area contributed by atoms with Crippen LogP contribution in [0.15, 0.2) is 42.5 Å². The Morgan fingerprint density at radius 1 is 1.07 bits per heavy atom. The topological polar surface area (TPSA) is 72.3 Å². The fourth-order valence-corrected chi connectivity index (χ4v) is 4.78. The first-order valence-electron chi connectivity index (χ1n) is 8.88. The second-order valence-electron chi connectivity index (χ2n) is 6.97. The standard InChI is InChI=1S/C20H21N3O3S/c1-14-5-3-8-17-18(14)19(21-22(17)2)15-6-4-7-16(13-15)20(24)23-9-11-27(25,26)12-10-23/h3-8,13H,9-12H2,1-2H3. The number of sulfone groups is 1. The van der Waals surface area contributed by atoms with Crippen molar-refractivity contribution in [1.29, 1.82) is 0 Å². The molecule has 3 aromatic rings. The van der Waals surface area contributed by atoms with Gasteiger partial charge in [0.25, 0.3) is 5.91 Å². The van der Waals surface area contributed by atoms with E-state index < -0.39 is 9.84 Å². The van der Waals surface area contributed by atoms with Crippen LogP contribution in [-0.2, 0) is 16.9 Å². The lowest BCUT2D eigenvalue weighted by Gasteiger charge is -2.26. The van der Waals surface area contributed by atoms with Crippen molar-refractivity contribution in [3.63, 3.8) is 0 Å². The van der Waals surface area contributed by atoms with Crippen molar-refractivity contribution in [3.05, 3.63) is 53.6 Å². The third kappa shape index (κ3) is 3.23. The predicted octanol–water partition coefficient (Wildman–Crippen LogP) is 2.42. The maximum absolute atomic E-state index is 12.8. The summed E-state index contributed by atoms with van der Waals surface area (Å²) in [6.45, 7) is 2.55. The molecular weight excluding hydrogens is 362 g/mol. The van der Waals surface area contributed by atoms with Crippen molar-refractivity contribution in [2.75, 3.05) is 24.6 Å².